The molecule has 1 aliphatic heterocycles. The molecule has 0 radical (unpaired) electrons. The van der Waals surface area contributed by atoms with Crippen molar-refractivity contribution >= 4 is 37.4 Å². The van der Waals surface area contributed by atoms with E-state index in [1.54, 1.807) is 0 Å². The molecular weight excluding hydrogens is 619 g/mol. The van der Waals surface area contributed by atoms with Gasteiger partial charge in [0, 0.05) is 20.0 Å². The molecule has 19 heteroatoms. The maximum Gasteiger partial charge on any atom is 0.472 e. The summed E-state index contributed by atoms with van der Waals surface area (Å²) in [5.41, 5.74) is 5.67. The van der Waals surface area contributed by atoms with Crippen LogP contribution in [-0.4, -0.2) is 130 Å². The molecule has 0 aromatic rings. The summed E-state index contributed by atoms with van der Waals surface area (Å²) < 4.78 is 21.9. The topological polar surface area (TPSA) is 279 Å². The number of rotatable bonds is 20. The quantitative estimate of drug-likeness (QED) is 0.0580. The van der Waals surface area contributed by atoms with Crippen LogP contribution in [0.1, 0.15) is 53.4 Å². The first-order chi connectivity index (χ1) is 21.0. The van der Waals surface area contributed by atoms with Crippen molar-refractivity contribution in [1.82, 2.24) is 26.2 Å². The van der Waals surface area contributed by atoms with E-state index in [-0.39, 0.29) is 31.2 Å². The summed E-state index contributed by atoms with van der Waals surface area (Å²) in [7, 11) is -4.64. The average Bonchev–Trinajstić information content (AvgIpc) is 3.47. The predicted octanol–water partition coefficient (Wildman–Crippen LogP) is -3.17. The molecule has 7 unspecified atom stereocenters. The molecule has 0 spiro atoms. The van der Waals surface area contributed by atoms with Gasteiger partial charge in [0.05, 0.1) is 44.6 Å². The van der Waals surface area contributed by atoms with Crippen molar-refractivity contribution in [1.29, 1.82) is 0 Å². The van der Waals surface area contributed by atoms with E-state index in [9.17, 15) is 43.6 Å². The van der Waals surface area contributed by atoms with Gasteiger partial charge in [-0.05, 0) is 38.5 Å². The van der Waals surface area contributed by atoms with Crippen molar-refractivity contribution in [2.24, 2.45) is 11.7 Å². The van der Waals surface area contributed by atoms with E-state index < -0.39 is 94.2 Å². The summed E-state index contributed by atoms with van der Waals surface area (Å²) in [4.78, 5) is 74.2. The van der Waals surface area contributed by atoms with E-state index in [1.165, 1.54) is 18.7 Å². The van der Waals surface area contributed by atoms with Crippen LogP contribution in [-0.2, 0) is 37.6 Å². The molecule has 0 saturated carbocycles. The van der Waals surface area contributed by atoms with E-state index in [1.807, 2.05) is 13.8 Å². The molecule has 0 bridgehead atoms. The van der Waals surface area contributed by atoms with Crippen molar-refractivity contribution in [3.63, 3.8) is 0 Å². The zero-order valence-corrected chi connectivity index (χ0v) is 27.0. The van der Waals surface area contributed by atoms with E-state index in [2.05, 4.69) is 21.3 Å². The molecular formula is C26H49N6O12P. The van der Waals surface area contributed by atoms with E-state index in [0.717, 1.165) is 0 Å². The first kappa shape index (κ1) is 40.3. The third-order valence-corrected chi connectivity index (χ3v) is 8.03. The van der Waals surface area contributed by atoms with Crippen LogP contribution < -0.4 is 27.0 Å². The molecule has 0 aromatic carbocycles. The summed E-state index contributed by atoms with van der Waals surface area (Å²) in [6.07, 6.45) is -1.08. The molecule has 18 nitrogen and oxygen atoms in total. The SMILES string of the molecule is CC(=O)N1CCCC1C(=O)NC(CC(C)C)C(=O)NCC(=O)NC(CO)C(=O)NC(CN)C(C)OP(=O)(O)OCCC(O)CO. The van der Waals surface area contributed by atoms with Crippen molar-refractivity contribution in [2.75, 3.05) is 39.5 Å². The largest absolute Gasteiger partial charge is 0.472 e. The van der Waals surface area contributed by atoms with Gasteiger partial charge in [0.15, 0.2) is 0 Å². The number of carbonyl (C=O) groups is 5. The Morgan fingerprint density at radius 1 is 1.02 bits per heavy atom. The number of likely N-dealkylation sites (tertiary alicyclic amines) is 1. The summed E-state index contributed by atoms with van der Waals surface area (Å²) in [5, 5.41) is 37.6. The van der Waals surface area contributed by atoms with Crippen molar-refractivity contribution < 1.29 is 57.8 Å². The van der Waals surface area contributed by atoms with Gasteiger partial charge in [0.1, 0.15) is 18.1 Å². The number of phosphoric acid groups is 1. The molecule has 1 rings (SSSR count). The molecule has 7 atom stereocenters. The molecule has 0 aliphatic carbocycles. The van der Waals surface area contributed by atoms with E-state index in [4.69, 9.17) is 19.9 Å². The van der Waals surface area contributed by atoms with Gasteiger partial charge in [-0.25, -0.2) is 4.57 Å². The number of aliphatic hydroxyl groups excluding tert-OH is 3. The summed E-state index contributed by atoms with van der Waals surface area (Å²) >= 11 is 0. The van der Waals surface area contributed by atoms with E-state index >= 15 is 0 Å². The smallest absolute Gasteiger partial charge is 0.394 e. The molecule has 1 fully saturated rings. The maximum absolute atomic E-state index is 12.9. The number of phosphoric ester groups is 1. The Balaban J connectivity index is 2.70. The summed E-state index contributed by atoms with van der Waals surface area (Å²) in [6.45, 7) is 4.16. The van der Waals surface area contributed by atoms with Crippen LogP contribution in [0.5, 0.6) is 0 Å². The minimum Gasteiger partial charge on any atom is -0.394 e. The Labute approximate surface area is 262 Å². The highest BCUT2D eigenvalue weighted by molar-refractivity contribution is 7.47. The minimum absolute atomic E-state index is 0.00263. The van der Waals surface area contributed by atoms with Gasteiger partial charge in [-0.15, -0.1) is 0 Å². The number of hydrogen-bond donors (Lipinski definition) is 9. The number of aliphatic hydroxyl groups is 3. The fourth-order valence-corrected chi connectivity index (χ4v) is 5.44. The van der Waals surface area contributed by atoms with Crippen LogP contribution in [0.15, 0.2) is 0 Å². The lowest BCUT2D eigenvalue weighted by atomic mass is 10.0. The average molecular weight is 669 g/mol. The highest BCUT2D eigenvalue weighted by atomic mass is 31.2. The van der Waals surface area contributed by atoms with Crippen LogP contribution in [0.2, 0.25) is 0 Å². The molecule has 45 heavy (non-hydrogen) atoms. The highest BCUT2D eigenvalue weighted by Crippen LogP contribution is 2.45. The maximum atomic E-state index is 12.9. The Morgan fingerprint density at radius 2 is 1.69 bits per heavy atom. The van der Waals surface area contributed by atoms with Crippen LogP contribution >= 0.6 is 7.82 Å². The van der Waals surface area contributed by atoms with Gasteiger partial charge in [-0.3, -0.25) is 33.0 Å². The van der Waals surface area contributed by atoms with Crippen LogP contribution in [0, 0.1) is 5.92 Å². The first-order valence-corrected chi connectivity index (χ1v) is 16.2. The Bertz CT molecular complexity index is 1050. The summed E-state index contributed by atoms with van der Waals surface area (Å²) in [5.74, 6) is -3.11. The van der Waals surface area contributed by atoms with Gasteiger partial charge in [0.2, 0.25) is 29.5 Å². The second-order valence-electron chi connectivity index (χ2n) is 11.2. The Hall–Kier alpha value is -2.70. The van der Waals surface area contributed by atoms with Gasteiger partial charge < -0.3 is 52.1 Å². The Morgan fingerprint density at radius 3 is 2.24 bits per heavy atom. The lowest BCUT2D eigenvalue weighted by Gasteiger charge is -2.27. The van der Waals surface area contributed by atoms with Crippen LogP contribution in [0.3, 0.4) is 0 Å². The third-order valence-electron chi connectivity index (χ3n) is 6.92. The lowest BCUT2D eigenvalue weighted by molar-refractivity contribution is -0.138. The first-order valence-electron chi connectivity index (χ1n) is 14.8. The minimum atomic E-state index is -4.64. The second kappa shape index (κ2) is 19.7. The van der Waals surface area contributed by atoms with Gasteiger partial charge in [0.25, 0.3) is 0 Å². The molecule has 10 N–H and O–H groups in total. The van der Waals surface area contributed by atoms with Gasteiger partial charge in [-0.1, -0.05) is 13.8 Å². The van der Waals surface area contributed by atoms with Crippen molar-refractivity contribution in [2.45, 2.75) is 89.8 Å². The Kier molecular flexibility index (Phi) is 17.7. The lowest BCUT2D eigenvalue weighted by Crippen LogP contribution is -2.57. The molecule has 1 heterocycles. The fraction of sp³-hybridized carbons (Fsp3) is 0.808. The van der Waals surface area contributed by atoms with Gasteiger partial charge >= 0.3 is 7.82 Å². The molecule has 260 valence electrons. The predicted molar refractivity (Wildman–Crippen MR) is 159 cm³/mol. The van der Waals surface area contributed by atoms with Crippen molar-refractivity contribution in [3.05, 3.63) is 0 Å². The number of amides is 5. The molecule has 0 aromatic heterocycles. The number of nitrogens with one attached hydrogen (secondary N) is 4. The van der Waals surface area contributed by atoms with Crippen LogP contribution in [0.4, 0.5) is 0 Å². The third kappa shape index (κ3) is 14.5. The molecule has 1 saturated heterocycles. The number of nitrogens with zero attached hydrogens (tertiary/aromatic N) is 1. The zero-order chi connectivity index (χ0) is 34.3. The van der Waals surface area contributed by atoms with Crippen molar-refractivity contribution in [3.8, 4) is 0 Å². The highest BCUT2D eigenvalue weighted by Gasteiger charge is 2.35. The fourth-order valence-electron chi connectivity index (χ4n) is 4.48. The number of nitrogens with two attached hydrogens (primary N) is 1. The standard InChI is InChI=1S/C26H49N6O12P/c1-15(2)10-19(30-26(40)22-6-5-8-32(22)17(4)35)24(38)28-12-23(37)29-21(14-34)25(39)31-20(11-27)16(3)44-45(41,42)43-9-7-18(36)13-33/h15-16,18-22,33-34,36H,5-14,27H2,1-4H3,(H,28,38)(H,29,37)(H,30,40)(H,31,39)(H,41,42). The second-order valence-corrected chi connectivity index (χ2v) is 12.6. The van der Waals surface area contributed by atoms with E-state index in [0.29, 0.717) is 19.4 Å². The molecule has 1 aliphatic rings. The zero-order valence-electron chi connectivity index (χ0n) is 26.1. The normalized spacial score (nSPS) is 19.5. The number of hydrogen-bond acceptors (Lipinski definition) is 12. The molecule has 5 amide bonds. The number of carbonyl (C=O) groups excluding carboxylic acids is 5. The monoisotopic (exact) mass is 668 g/mol. The van der Waals surface area contributed by atoms with Gasteiger partial charge in [-0.2, -0.15) is 0 Å². The van der Waals surface area contributed by atoms with Crippen LogP contribution in [0.25, 0.3) is 0 Å². The summed E-state index contributed by atoms with van der Waals surface area (Å²) in [6, 6.07) is -4.23.